The molecule has 1 atom stereocenters. The van der Waals surface area contributed by atoms with E-state index in [0.29, 0.717) is 6.04 Å². The van der Waals surface area contributed by atoms with E-state index >= 15 is 0 Å². The van der Waals surface area contributed by atoms with Crippen LogP contribution in [0.4, 0.5) is 5.82 Å². The lowest BCUT2D eigenvalue weighted by Crippen LogP contribution is -2.37. The Morgan fingerprint density at radius 2 is 2.05 bits per heavy atom. The van der Waals surface area contributed by atoms with Crippen molar-refractivity contribution in [2.24, 2.45) is 0 Å². The summed E-state index contributed by atoms with van der Waals surface area (Å²) < 4.78 is 0. The highest BCUT2D eigenvalue weighted by Crippen LogP contribution is 2.27. The standard InChI is InChI=1S/C14H22N4S/c1-5-18(6-2)10(3)8-15-13-12-7-11(4)19-14(12)17-9-16-13/h7,9-10H,5-6,8H2,1-4H3,(H,15,16,17). The van der Waals surface area contributed by atoms with Crippen LogP contribution in [-0.4, -0.2) is 40.5 Å². The first kappa shape index (κ1) is 14.2. The van der Waals surface area contributed by atoms with Crippen LogP contribution in [0.1, 0.15) is 25.6 Å². The number of nitrogens with zero attached hydrogens (tertiary/aromatic N) is 3. The second-order valence-electron chi connectivity index (χ2n) is 4.75. The molecule has 0 aromatic carbocycles. The minimum absolute atomic E-state index is 0.500. The second-order valence-corrected chi connectivity index (χ2v) is 5.98. The zero-order valence-electron chi connectivity index (χ0n) is 12.1. The molecule has 1 unspecified atom stereocenters. The first-order chi connectivity index (χ1) is 9.15. The summed E-state index contributed by atoms with van der Waals surface area (Å²) in [6, 6.07) is 2.66. The van der Waals surface area contributed by atoms with Gasteiger partial charge in [0, 0.05) is 17.5 Å². The monoisotopic (exact) mass is 278 g/mol. The van der Waals surface area contributed by atoms with Gasteiger partial charge in [-0.3, -0.25) is 4.90 Å². The summed E-state index contributed by atoms with van der Waals surface area (Å²) in [5.41, 5.74) is 0. The number of hydrogen-bond donors (Lipinski definition) is 1. The Kier molecular flexibility index (Phi) is 4.71. The predicted molar refractivity (Wildman–Crippen MR) is 83.0 cm³/mol. The van der Waals surface area contributed by atoms with Crippen LogP contribution in [0.25, 0.3) is 10.2 Å². The average molecular weight is 278 g/mol. The van der Waals surface area contributed by atoms with Crippen molar-refractivity contribution in [3.05, 3.63) is 17.3 Å². The topological polar surface area (TPSA) is 41.0 Å². The van der Waals surface area contributed by atoms with Crippen LogP contribution < -0.4 is 5.32 Å². The number of hydrogen-bond acceptors (Lipinski definition) is 5. The van der Waals surface area contributed by atoms with Crippen molar-refractivity contribution in [1.82, 2.24) is 14.9 Å². The molecule has 2 rings (SSSR count). The summed E-state index contributed by atoms with van der Waals surface area (Å²) in [6.45, 7) is 11.8. The highest BCUT2D eigenvalue weighted by Gasteiger charge is 2.11. The fourth-order valence-corrected chi connectivity index (χ4v) is 3.18. The lowest BCUT2D eigenvalue weighted by molar-refractivity contribution is 0.240. The lowest BCUT2D eigenvalue weighted by Gasteiger charge is -2.26. The first-order valence-electron chi connectivity index (χ1n) is 6.84. The maximum atomic E-state index is 4.37. The molecule has 0 aliphatic rings. The van der Waals surface area contributed by atoms with Crippen molar-refractivity contribution >= 4 is 27.4 Å². The van der Waals surface area contributed by atoms with Gasteiger partial charge in [0.1, 0.15) is 17.0 Å². The Labute approximate surface area is 118 Å². The van der Waals surface area contributed by atoms with Crippen molar-refractivity contribution < 1.29 is 0 Å². The normalized spacial score (nSPS) is 13.1. The van der Waals surface area contributed by atoms with E-state index in [4.69, 9.17) is 0 Å². The largest absolute Gasteiger partial charge is 0.368 e. The summed E-state index contributed by atoms with van der Waals surface area (Å²) in [4.78, 5) is 13.5. The van der Waals surface area contributed by atoms with Gasteiger partial charge in [0.15, 0.2) is 0 Å². The molecule has 0 aliphatic carbocycles. The molecule has 4 nitrogen and oxygen atoms in total. The molecule has 0 bridgehead atoms. The van der Waals surface area contributed by atoms with Gasteiger partial charge in [-0.1, -0.05) is 13.8 Å². The Bertz CT molecular complexity index is 533. The maximum Gasteiger partial charge on any atom is 0.138 e. The van der Waals surface area contributed by atoms with Crippen molar-refractivity contribution in [1.29, 1.82) is 0 Å². The summed E-state index contributed by atoms with van der Waals surface area (Å²) in [7, 11) is 0. The second kappa shape index (κ2) is 6.30. The van der Waals surface area contributed by atoms with Gasteiger partial charge < -0.3 is 5.32 Å². The Morgan fingerprint density at radius 3 is 2.74 bits per heavy atom. The number of anilines is 1. The van der Waals surface area contributed by atoms with E-state index in [2.05, 4.69) is 53.9 Å². The summed E-state index contributed by atoms with van der Waals surface area (Å²) in [6.07, 6.45) is 1.64. The van der Waals surface area contributed by atoms with Gasteiger partial charge in [0.25, 0.3) is 0 Å². The van der Waals surface area contributed by atoms with Crippen LogP contribution >= 0.6 is 11.3 Å². The Hall–Kier alpha value is -1.20. The average Bonchev–Trinajstić information content (AvgIpc) is 2.78. The quantitative estimate of drug-likeness (QED) is 0.881. The first-order valence-corrected chi connectivity index (χ1v) is 7.66. The van der Waals surface area contributed by atoms with Crippen LogP contribution in [0.3, 0.4) is 0 Å². The van der Waals surface area contributed by atoms with E-state index in [1.165, 1.54) is 4.88 Å². The number of likely N-dealkylation sites (N-methyl/N-ethyl adjacent to an activating group) is 1. The van der Waals surface area contributed by atoms with Crippen LogP contribution in [0.2, 0.25) is 0 Å². The van der Waals surface area contributed by atoms with E-state index in [-0.39, 0.29) is 0 Å². The maximum absolute atomic E-state index is 4.37. The number of aromatic nitrogens is 2. The van der Waals surface area contributed by atoms with Gasteiger partial charge >= 0.3 is 0 Å². The van der Waals surface area contributed by atoms with Crippen molar-refractivity contribution in [3.63, 3.8) is 0 Å². The molecule has 0 fully saturated rings. The van der Waals surface area contributed by atoms with Gasteiger partial charge in [-0.2, -0.15) is 0 Å². The van der Waals surface area contributed by atoms with Crippen molar-refractivity contribution in [2.45, 2.75) is 33.7 Å². The smallest absolute Gasteiger partial charge is 0.138 e. The zero-order valence-corrected chi connectivity index (χ0v) is 12.9. The van der Waals surface area contributed by atoms with E-state index in [9.17, 15) is 0 Å². The third-order valence-corrected chi connectivity index (χ3v) is 4.41. The number of nitrogens with one attached hydrogen (secondary N) is 1. The summed E-state index contributed by atoms with van der Waals surface area (Å²) >= 11 is 1.71. The van der Waals surface area contributed by atoms with E-state index < -0.39 is 0 Å². The van der Waals surface area contributed by atoms with E-state index in [1.807, 2.05) is 0 Å². The van der Waals surface area contributed by atoms with Gasteiger partial charge in [-0.25, -0.2) is 9.97 Å². The minimum atomic E-state index is 0.500. The zero-order chi connectivity index (χ0) is 13.8. The molecule has 0 radical (unpaired) electrons. The molecule has 0 saturated carbocycles. The third kappa shape index (κ3) is 3.22. The number of thiophene rings is 1. The van der Waals surface area contributed by atoms with Gasteiger partial charge in [-0.05, 0) is 33.0 Å². The fraction of sp³-hybridized carbons (Fsp3) is 0.571. The Balaban J connectivity index is 2.09. The number of rotatable bonds is 6. The molecule has 1 N–H and O–H groups in total. The molecule has 0 amide bonds. The molecular weight excluding hydrogens is 256 g/mol. The van der Waals surface area contributed by atoms with Gasteiger partial charge in [-0.15, -0.1) is 11.3 Å². The highest BCUT2D eigenvalue weighted by atomic mass is 32.1. The lowest BCUT2D eigenvalue weighted by atomic mass is 10.2. The summed E-state index contributed by atoms with van der Waals surface area (Å²) in [5.74, 6) is 0.952. The van der Waals surface area contributed by atoms with Crippen LogP contribution in [0, 0.1) is 6.92 Å². The predicted octanol–water partition coefficient (Wildman–Crippen LogP) is 3.14. The molecule has 104 valence electrons. The molecular formula is C14H22N4S. The van der Waals surface area contributed by atoms with Crippen LogP contribution in [-0.2, 0) is 0 Å². The minimum Gasteiger partial charge on any atom is -0.368 e. The molecule has 19 heavy (non-hydrogen) atoms. The molecule has 5 heteroatoms. The SMILES string of the molecule is CCN(CC)C(C)CNc1ncnc2sc(C)cc12. The molecule has 2 aromatic heterocycles. The van der Waals surface area contributed by atoms with E-state index in [1.54, 1.807) is 17.7 Å². The molecule has 0 saturated heterocycles. The van der Waals surface area contributed by atoms with Gasteiger partial charge in [0.05, 0.1) is 5.39 Å². The summed E-state index contributed by atoms with van der Waals surface area (Å²) in [5, 5.41) is 4.60. The van der Waals surface area contributed by atoms with Crippen LogP contribution in [0.15, 0.2) is 12.4 Å². The molecule has 0 spiro atoms. The van der Waals surface area contributed by atoms with Crippen molar-refractivity contribution in [3.8, 4) is 0 Å². The number of aryl methyl sites for hydroxylation is 1. The molecule has 2 heterocycles. The van der Waals surface area contributed by atoms with Crippen LogP contribution in [0.5, 0.6) is 0 Å². The Morgan fingerprint density at radius 1 is 1.32 bits per heavy atom. The van der Waals surface area contributed by atoms with Gasteiger partial charge in [0.2, 0.25) is 0 Å². The third-order valence-electron chi connectivity index (χ3n) is 3.45. The molecule has 0 aliphatic heterocycles. The van der Waals surface area contributed by atoms with Crippen molar-refractivity contribution in [2.75, 3.05) is 25.0 Å². The fourth-order valence-electron chi connectivity index (χ4n) is 2.34. The van der Waals surface area contributed by atoms with E-state index in [0.717, 1.165) is 35.7 Å². The number of fused-ring (bicyclic) bond motifs is 1. The highest BCUT2D eigenvalue weighted by molar-refractivity contribution is 7.18. The molecule has 2 aromatic rings.